The highest BCUT2D eigenvalue weighted by molar-refractivity contribution is 6.00. The molecule has 0 bridgehead atoms. The van der Waals surface area contributed by atoms with Crippen molar-refractivity contribution in [2.75, 3.05) is 18.9 Å². The van der Waals surface area contributed by atoms with Crippen LogP contribution in [0.25, 0.3) is 16.6 Å². The van der Waals surface area contributed by atoms with Crippen LogP contribution in [0.2, 0.25) is 0 Å². The molecule has 0 unspecified atom stereocenters. The second-order valence-electron chi connectivity index (χ2n) is 6.62. The molecule has 0 saturated heterocycles. The number of rotatable bonds is 5. The number of carbonyl (C=O) groups is 1. The summed E-state index contributed by atoms with van der Waals surface area (Å²) in [5.41, 5.74) is 10.7. The first-order valence-corrected chi connectivity index (χ1v) is 9.09. The Bertz CT molecular complexity index is 1110. The number of allylic oxidation sites excluding steroid dienone is 1. The minimum absolute atomic E-state index is 0.277. The number of nitrogens with zero attached hydrogens (tertiary/aromatic N) is 5. The molecule has 0 fully saturated rings. The van der Waals surface area contributed by atoms with E-state index in [1.54, 1.807) is 43.3 Å². The summed E-state index contributed by atoms with van der Waals surface area (Å²) in [4.78, 5) is 24.9. The summed E-state index contributed by atoms with van der Waals surface area (Å²) < 4.78 is 1.79. The number of aliphatic imine (C=N–C) groups is 1. The molecule has 4 N–H and O–H groups in total. The van der Waals surface area contributed by atoms with E-state index in [-0.39, 0.29) is 12.6 Å². The highest BCUT2D eigenvalue weighted by Gasteiger charge is 2.10. The number of urea groups is 1. The van der Waals surface area contributed by atoms with Gasteiger partial charge >= 0.3 is 6.03 Å². The van der Waals surface area contributed by atoms with Gasteiger partial charge in [-0.2, -0.15) is 5.10 Å². The minimum atomic E-state index is -0.378. The van der Waals surface area contributed by atoms with Crippen LogP contribution in [-0.2, 0) is 0 Å². The first kappa shape index (κ1) is 20.0. The molecule has 9 nitrogen and oxygen atoms in total. The monoisotopic (exact) mass is 392 g/mol. The number of anilines is 1. The van der Waals surface area contributed by atoms with Gasteiger partial charge < -0.3 is 11.1 Å². The summed E-state index contributed by atoms with van der Waals surface area (Å²) in [5, 5.41) is 10.8. The van der Waals surface area contributed by atoms with Gasteiger partial charge in [-0.3, -0.25) is 15.3 Å². The lowest BCUT2D eigenvalue weighted by atomic mass is 10.1. The predicted molar refractivity (Wildman–Crippen MR) is 114 cm³/mol. The van der Waals surface area contributed by atoms with Gasteiger partial charge in [-0.15, -0.1) is 0 Å². The minimum Gasteiger partial charge on any atom is -0.402 e. The molecule has 0 atom stereocenters. The third-order valence-electron chi connectivity index (χ3n) is 4.49. The molecule has 0 saturated carbocycles. The van der Waals surface area contributed by atoms with Crippen molar-refractivity contribution in [3.63, 3.8) is 0 Å². The van der Waals surface area contributed by atoms with Crippen LogP contribution in [-0.4, -0.2) is 45.1 Å². The number of pyridine rings is 2. The number of fused-ring (bicyclic) bond motifs is 1. The van der Waals surface area contributed by atoms with E-state index in [4.69, 9.17) is 5.73 Å². The van der Waals surface area contributed by atoms with Crippen LogP contribution in [0.4, 0.5) is 10.6 Å². The van der Waals surface area contributed by atoms with Crippen molar-refractivity contribution in [3.8, 4) is 5.69 Å². The van der Waals surface area contributed by atoms with Crippen molar-refractivity contribution < 1.29 is 4.79 Å². The van der Waals surface area contributed by atoms with E-state index in [1.807, 2.05) is 26.0 Å². The lowest BCUT2D eigenvalue weighted by Crippen LogP contribution is -2.32. The molecule has 3 heterocycles. The summed E-state index contributed by atoms with van der Waals surface area (Å²) in [6.45, 7) is 5.83. The van der Waals surface area contributed by atoms with Crippen LogP contribution in [0.1, 0.15) is 19.5 Å². The maximum absolute atomic E-state index is 12.3. The maximum Gasteiger partial charge on any atom is 0.320 e. The fourth-order valence-corrected chi connectivity index (χ4v) is 2.88. The third kappa shape index (κ3) is 4.57. The van der Waals surface area contributed by atoms with Crippen LogP contribution in [0.3, 0.4) is 0 Å². The van der Waals surface area contributed by atoms with E-state index in [0.29, 0.717) is 11.5 Å². The van der Waals surface area contributed by atoms with Crippen molar-refractivity contribution in [1.82, 2.24) is 25.1 Å². The van der Waals surface area contributed by atoms with Gasteiger partial charge in [0.1, 0.15) is 5.82 Å². The average Bonchev–Trinajstić information content (AvgIpc) is 3.10. The van der Waals surface area contributed by atoms with Gasteiger partial charge in [0, 0.05) is 47.9 Å². The number of nitrogens with one attached hydrogen (secondary N) is 2. The van der Waals surface area contributed by atoms with Gasteiger partial charge in [0.15, 0.2) is 0 Å². The van der Waals surface area contributed by atoms with Crippen molar-refractivity contribution in [3.05, 3.63) is 53.8 Å². The molecular formula is C20H24N8O. The number of nitrogens with two attached hydrogens (primary N) is 1. The first-order chi connectivity index (χ1) is 13.9. The molecule has 0 aliphatic rings. The normalized spacial score (nSPS) is 12.6. The Morgan fingerprint density at radius 3 is 2.72 bits per heavy atom. The van der Waals surface area contributed by atoms with E-state index in [2.05, 4.69) is 30.7 Å². The van der Waals surface area contributed by atoms with Gasteiger partial charge in [0.05, 0.1) is 23.6 Å². The average molecular weight is 392 g/mol. The van der Waals surface area contributed by atoms with Gasteiger partial charge in [0.25, 0.3) is 0 Å². The van der Waals surface area contributed by atoms with Gasteiger partial charge in [-0.05, 0) is 39.0 Å². The number of aryl methyl sites for hydroxylation is 1. The number of amides is 2. The second kappa shape index (κ2) is 8.51. The highest BCUT2D eigenvalue weighted by atomic mass is 16.2. The Morgan fingerprint density at radius 1 is 1.24 bits per heavy atom. The smallest absolute Gasteiger partial charge is 0.320 e. The van der Waals surface area contributed by atoms with E-state index >= 15 is 0 Å². The van der Waals surface area contributed by atoms with Crippen LogP contribution in [0.5, 0.6) is 0 Å². The SMILES string of the molecule is CN=C(C)C(CNC(=O)Nc1cc2cnn(-c3ccnc(C)c3)c2cn1)=C(C)N. The van der Waals surface area contributed by atoms with Crippen molar-refractivity contribution in [2.24, 2.45) is 10.7 Å². The van der Waals surface area contributed by atoms with Gasteiger partial charge in [0.2, 0.25) is 0 Å². The molecule has 150 valence electrons. The number of hydrogen-bond donors (Lipinski definition) is 3. The molecule has 29 heavy (non-hydrogen) atoms. The van der Waals surface area contributed by atoms with E-state index < -0.39 is 0 Å². The molecule has 9 heteroatoms. The topological polar surface area (TPSA) is 123 Å². The largest absolute Gasteiger partial charge is 0.402 e. The van der Waals surface area contributed by atoms with Crippen LogP contribution in [0.15, 0.2) is 53.1 Å². The van der Waals surface area contributed by atoms with Gasteiger partial charge in [-0.25, -0.2) is 14.5 Å². The summed E-state index contributed by atoms with van der Waals surface area (Å²) >= 11 is 0. The Kier molecular flexibility index (Phi) is 5.87. The Labute approximate surface area is 168 Å². The lowest BCUT2D eigenvalue weighted by molar-refractivity contribution is 0.253. The van der Waals surface area contributed by atoms with Gasteiger partial charge in [-0.1, -0.05) is 0 Å². The molecule has 0 aromatic carbocycles. The van der Waals surface area contributed by atoms with Crippen molar-refractivity contribution in [1.29, 1.82) is 0 Å². The standard InChI is InChI=1S/C20H24N8O/c1-12-7-16(5-6-23-12)28-18-11-24-19(8-15(18)9-26-28)27-20(29)25-10-17(13(2)21)14(3)22-4/h5-9,11H,10,21H2,1-4H3,(H2,24,25,27,29). The zero-order valence-electron chi connectivity index (χ0n) is 16.9. The summed E-state index contributed by atoms with van der Waals surface area (Å²) in [5.74, 6) is 0.427. The highest BCUT2D eigenvalue weighted by Crippen LogP contribution is 2.20. The quantitative estimate of drug-likeness (QED) is 0.576. The molecule has 2 amide bonds. The fraction of sp³-hybridized carbons (Fsp3) is 0.250. The van der Waals surface area contributed by atoms with Crippen LogP contribution >= 0.6 is 0 Å². The molecule has 3 aromatic rings. The van der Waals surface area contributed by atoms with Crippen molar-refractivity contribution in [2.45, 2.75) is 20.8 Å². The predicted octanol–water partition coefficient (Wildman–Crippen LogP) is 2.57. The zero-order valence-corrected chi connectivity index (χ0v) is 16.9. The zero-order chi connectivity index (χ0) is 21.0. The fourth-order valence-electron chi connectivity index (χ4n) is 2.88. The molecule has 0 radical (unpaired) electrons. The van der Waals surface area contributed by atoms with E-state index in [0.717, 1.165) is 33.6 Å². The summed E-state index contributed by atoms with van der Waals surface area (Å²) in [6, 6.07) is 5.22. The lowest BCUT2D eigenvalue weighted by Gasteiger charge is -2.11. The second-order valence-corrected chi connectivity index (χ2v) is 6.62. The van der Waals surface area contributed by atoms with Crippen LogP contribution in [0, 0.1) is 6.92 Å². The summed E-state index contributed by atoms with van der Waals surface area (Å²) in [7, 11) is 1.69. The number of carbonyl (C=O) groups excluding carboxylic acids is 1. The molecule has 3 aromatic heterocycles. The molecule has 0 aliphatic heterocycles. The Morgan fingerprint density at radius 2 is 2.03 bits per heavy atom. The number of aromatic nitrogens is 4. The van der Waals surface area contributed by atoms with E-state index in [1.165, 1.54) is 0 Å². The maximum atomic E-state index is 12.3. The van der Waals surface area contributed by atoms with E-state index in [9.17, 15) is 4.79 Å². The van der Waals surface area contributed by atoms with Crippen molar-refractivity contribution >= 4 is 28.5 Å². The Hall–Kier alpha value is -3.75. The number of hydrogen-bond acceptors (Lipinski definition) is 6. The molecule has 3 rings (SSSR count). The molecular weight excluding hydrogens is 368 g/mol. The molecule has 0 aliphatic carbocycles. The summed E-state index contributed by atoms with van der Waals surface area (Å²) in [6.07, 6.45) is 5.15. The molecule has 0 spiro atoms. The third-order valence-corrected chi connectivity index (χ3v) is 4.49. The Balaban J connectivity index is 1.73. The first-order valence-electron chi connectivity index (χ1n) is 9.09. The van der Waals surface area contributed by atoms with Crippen LogP contribution < -0.4 is 16.4 Å².